The molecule has 0 aliphatic rings. The molecule has 2 N–H and O–H groups in total. The van der Waals surface area contributed by atoms with Crippen molar-refractivity contribution in [2.45, 2.75) is 6.54 Å². The number of carbonyl (C=O) groups is 1. The van der Waals surface area contributed by atoms with Crippen molar-refractivity contribution >= 4 is 11.7 Å². The first-order valence-electron chi connectivity index (χ1n) is 5.18. The van der Waals surface area contributed by atoms with E-state index in [0.29, 0.717) is 0 Å². The molecule has 0 saturated heterocycles. The van der Waals surface area contributed by atoms with Gasteiger partial charge in [0.05, 0.1) is 23.9 Å². The van der Waals surface area contributed by atoms with Gasteiger partial charge in [-0.1, -0.05) is 0 Å². The molecule has 0 saturated carbocycles. The Hall–Kier alpha value is -3.17. The molecule has 104 valence electrons. The first kappa shape index (κ1) is 13.3. The molecule has 20 heavy (non-hydrogen) atoms. The third-order valence-electron chi connectivity index (χ3n) is 2.48. The quantitative estimate of drug-likeness (QED) is 0.581. The van der Waals surface area contributed by atoms with Crippen LogP contribution >= 0.6 is 0 Å². The van der Waals surface area contributed by atoms with E-state index in [0.717, 1.165) is 17.0 Å². The Labute approximate surface area is 109 Å². The molecular weight excluding hydrogens is 274 g/mol. The summed E-state index contributed by atoms with van der Waals surface area (Å²) in [5, 5.41) is 19.5. The van der Waals surface area contributed by atoms with E-state index >= 15 is 0 Å². The number of rotatable bonds is 4. The van der Waals surface area contributed by atoms with Gasteiger partial charge in [-0.2, -0.15) is 0 Å². The maximum Gasteiger partial charge on any atom is 0.350 e. The molecule has 0 bridgehead atoms. The normalized spacial score (nSPS) is 10.4. The fraction of sp³-hybridized carbons (Fsp3) is 0.100. The van der Waals surface area contributed by atoms with Crippen molar-refractivity contribution in [3.63, 3.8) is 0 Å². The Bertz CT molecular complexity index is 798. The number of furan rings is 1. The van der Waals surface area contributed by atoms with Gasteiger partial charge in [0.25, 0.3) is 0 Å². The molecule has 0 amide bonds. The Kier molecular flexibility index (Phi) is 3.21. The van der Waals surface area contributed by atoms with Crippen LogP contribution in [-0.4, -0.2) is 25.6 Å². The fourth-order valence-corrected chi connectivity index (χ4v) is 1.55. The van der Waals surface area contributed by atoms with Crippen molar-refractivity contribution < 1.29 is 19.2 Å². The molecule has 0 radical (unpaired) electrons. The lowest BCUT2D eigenvalue weighted by atomic mass is 10.2. The first-order valence-corrected chi connectivity index (χ1v) is 5.18. The van der Waals surface area contributed by atoms with E-state index in [1.54, 1.807) is 4.98 Å². The zero-order valence-corrected chi connectivity index (χ0v) is 9.73. The number of aromatic carboxylic acids is 1. The van der Waals surface area contributed by atoms with Crippen molar-refractivity contribution in [3.05, 3.63) is 60.8 Å². The Morgan fingerprint density at radius 2 is 2.20 bits per heavy atom. The third kappa shape index (κ3) is 2.34. The summed E-state index contributed by atoms with van der Waals surface area (Å²) < 4.78 is 5.70. The van der Waals surface area contributed by atoms with Crippen LogP contribution in [0.3, 0.4) is 0 Å². The summed E-state index contributed by atoms with van der Waals surface area (Å²) >= 11 is 0. The molecule has 0 aromatic carbocycles. The molecule has 2 heterocycles. The second-order valence-electron chi connectivity index (χ2n) is 3.72. The van der Waals surface area contributed by atoms with E-state index in [-0.39, 0.29) is 17.9 Å². The van der Waals surface area contributed by atoms with Crippen molar-refractivity contribution in [1.29, 1.82) is 0 Å². The minimum Gasteiger partial charge on any atom is -0.478 e. The highest BCUT2D eigenvalue weighted by atomic mass is 16.6. The van der Waals surface area contributed by atoms with Crippen LogP contribution in [0.5, 0.6) is 0 Å². The smallest absolute Gasteiger partial charge is 0.350 e. The summed E-state index contributed by atoms with van der Waals surface area (Å²) in [6.07, 6.45) is 1.85. The largest absolute Gasteiger partial charge is 0.478 e. The topological polar surface area (TPSA) is 148 Å². The van der Waals surface area contributed by atoms with Crippen LogP contribution in [0, 0.1) is 10.1 Å². The van der Waals surface area contributed by atoms with Crippen molar-refractivity contribution in [3.8, 4) is 0 Å². The number of nitrogens with zero attached hydrogens (tertiary/aromatic N) is 2. The molecule has 2 rings (SSSR count). The Morgan fingerprint density at radius 1 is 1.50 bits per heavy atom. The number of carboxylic acids is 1. The number of nitrogens with one attached hydrogen (secondary N) is 1. The molecule has 2 aromatic rings. The lowest BCUT2D eigenvalue weighted by Gasteiger charge is -2.03. The predicted octanol–water partition coefficient (Wildman–Crippen LogP) is -0.216. The summed E-state index contributed by atoms with van der Waals surface area (Å²) in [4.78, 5) is 45.0. The van der Waals surface area contributed by atoms with Crippen LogP contribution < -0.4 is 11.2 Å². The fourth-order valence-electron chi connectivity index (χ4n) is 1.55. The van der Waals surface area contributed by atoms with E-state index in [1.165, 1.54) is 6.07 Å². The number of H-pyrrole nitrogens is 1. The van der Waals surface area contributed by atoms with Gasteiger partial charge < -0.3 is 9.52 Å². The summed E-state index contributed by atoms with van der Waals surface area (Å²) in [5.41, 5.74) is -3.04. The standard InChI is InChI=1S/C10H7N3O7/c14-8-6(13(18)19)3-12(10(17)11-8)4-7-5(9(15)16)1-2-20-7/h1-3H,4H2,(H,15,16)(H,11,14,17). The van der Waals surface area contributed by atoms with Crippen LogP contribution in [0.4, 0.5) is 5.69 Å². The van der Waals surface area contributed by atoms with Crippen molar-refractivity contribution in [1.82, 2.24) is 9.55 Å². The van der Waals surface area contributed by atoms with Gasteiger partial charge in [0.1, 0.15) is 11.3 Å². The van der Waals surface area contributed by atoms with Gasteiger partial charge in [-0.15, -0.1) is 0 Å². The van der Waals surface area contributed by atoms with Crippen molar-refractivity contribution in [2.24, 2.45) is 0 Å². The number of aromatic nitrogens is 2. The monoisotopic (exact) mass is 281 g/mol. The highest BCUT2D eigenvalue weighted by molar-refractivity contribution is 5.88. The SMILES string of the molecule is O=C(O)c1ccoc1Cn1cc([N+](=O)[O-])c(=O)[nH]c1=O. The second-order valence-corrected chi connectivity index (χ2v) is 3.72. The summed E-state index contributed by atoms with van der Waals surface area (Å²) in [6.45, 7) is -0.356. The number of nitro groups is 1. The minimum atomic E-state index is -1.26. The van der Waals surface area contributed by atoms with Crippen LogP contribution in [0.15, 0.2) is 32.5 Å². The molecule has 0 aliphatic heterocycles. The number of hydrogen-bond acceptors (Lipinski definition) is 6. The van der Waals surface area contributed by atoms with Gasteiger partial charge in [-0.25, -0.2) is 9.59 Å². The van der Waals surface area contributed by atoms with Gasteiger partial charge in [0, 0.05) is 0 Å². The van der Waals surface area contributed by atoms with Crippen LogP contribution in [0.1, 0.15) is 16.1 Å². The molecule has 0 fully saturated rings. The summed E-state index contributed by atoms with van der Waals surface area (Å²) in [7, 11) is 0. The number of carboxylic acid groups (broad SMARTS) is 1. The minimum absolute atomic E-state index is 0.0686. The zero-order chi connectivity index (χ0) is 14.9. The van der Waals surface area contributed by atoms with Crippen LogP contribution in [-0.2, 0) is 6.54 Å². The van der Waals surface area contributed by atoms with Gasteiger partial charge in [0.2, 0.25) is 0 Å². The van der Waals surface area contributed by atoms with Gasteiger partial charge >= 0.3 is 22.9 Å². The predicted molar refractivity (Wildman–Crippen MR) is 62.7 cm³/mol. The first-order chi connectivity index (χ1) is 9.40. The molecule has 0 atom stereocenters. The van der Waals surface area contributed by atoms with E-state index in [1.807, 2.05) is 0 Å². The maximum absolute atomic E-state index is 11.5. The summed E-state index contributed by atoms with van der Waals surface area (Å²) in [5.74, 6) is -1.33. The molecule has 0 unspecified atom stereocenters. The number of hydrogen-bond donors (Lipinski definition) is 2. The Balaban J connectivity index is 2.49. The van der Waals surface area contributed by atoms with E-state index < -0.39 is 27.8 Å². The van der Waals surface area contributed by atoms with E-state index in [4.69, 9.17) is 9.52 Å². The second kappa shape index (κ2) is 4.84. The van der Waals surface area contributed by atoms with E-state index in [9.17, 15) is 24.5 Å². The molecule has 10 nitrogen and oxygen atoms in total. The summed E-state index contributed by atoms with van der Waals surface area (Å²) in [6, 6.07) is 1.18. The molecule has 10 heteroatoms. The highest BCUT2D eigenvalue weighted by Gasteiger charge is 2.18. The Morgan fingerprint density at radius 3 is 2.80 bits per heavy atom. The zero-order valence-electron chi connectivity index (χ0n) is 9.73. The average molecular weight is 281 g/mol. The van der Waals surface area contributed by atoms with Crippen molar-refractivity contribution in [2.75, 3.05) is 0 Å². The lowest BCUT2D eigenvalue weighted by Crippen LogP contribution is -2.31. The molecular formula is C10H7N3O7. The van der Waals surface area contributed by atoms with Gasteiger partial charge in [-0.05, 0) is 6.07 Å². The lowest BCUT2D eigenvalue weighted by molar-refractivity contribution is -0.386. The average Bonchev–Trinajstić information content (AvgIpc) is 2.80. The molecule has 0 spiro atoms. The number of aromatic amines is 1. The maximum atomic E-state index is 11.5. The van der Waals surface area contributed by atoms with Gasteiger partial charge in [-0.3, -0.25) is 24.5 Å². The molecule has 0 aliphatic carbocycles. The van der Waals surface area contributed by atoms with Crippen LogP contribution in [0.2, 0.25) is 0 Å². The van der Waals surface area contributed by atoms with E-state index in [2.05, 4.69) is 0 Å². The van der Waals surface area contributed by atoms with Crippen LogP contribution in [0.25, 0.3) is 0 Å². The highest BCUT2D eigenvalue weighted by Crippen LogP contribution is 2.12. The third-order valence-corrected chi connectivity index (χ3v) is 2.48. The van der Waals surface area contributed by atoms with Gasteiger partial charge in [0.15, 0.2) is 0 Å². The molecule has 2 aromatic heterocycles.